The number of carbonyl (C=O) groups is 2. The van der Waals surface area contributed by atoms with Gasteiger partial charge < -0.3 is 14.3 Å². The van der Waals surface area contributed by atoms with E-state index in [1.54, 1.807) is 42.5 Å². The monoisotopic (exact) mass is 324 g/mol. The molecular weight excluding hydrogens is 312 g/mol. The van der Waals surface area contributed by atoms with Gasteiger partial charge >= 0.3 is 17.6 Å². The summed E-state index contributed by atoms with van der Waals surface area (Å²) in [6.07, 6.45) is 0. The van der Waals surface area contributed by atoms with E-state index in [0.29, 0.717) is 16.7 Å². The molecular formula is C18H12O6. The van der Waals surface area contributed by atoms with Crippen molar-refractivity contribution in [3.63, 3.8) is 0 Å². The maximum absolute atomic E-state index is 11.6. The molecule has 6 heteroatoms. The number of benzene rings is 2. The van der Waals surface area contributed by atoms with E-state index in [2.05, 4.69) is 0 Å². The molecule has 0 fully saturated rings. The maximum atomic E-state index is 11.6. The van der Waals surface area contributed by atoms with Crippen LogP contribution < -0.4 is 10.4 Å². The van der Waals surface area contributed by atoms with Crippen LogP contribution in [0.15, 0.2) is 57.7 Å². The molecule has 2 aromatic carbocycles. The molecule has 0 aliphatic carbocycles. The Kier molecular flexibility index (Phi) is 3.87. The van der Waals surface area contributed by atoms with Gasteiger partial charge in [0.2, 0.25) is 0 Å². The number of carbonyl (C=O) groups excluding carboxylic acids is 1. The Balaban J connectivity index is 2.03. The quantitative estimate of drug-likeness (QED) is 0.452. The minimum Gasteiger partial charge on any atom is -0.477 e. The molecule has 0 aliphatic rings. The summed E-state index contributed by atoms with van der Waals surface area (Å²) >= 11 is 0. The van der Waals surface area contributed by atoms with Gasteiger partial charge in [0.05, 0.1) is 0 Å². The lowest BCUT2D eigenvalue weighted by Crippen LogP contribution is -2.12. The number of rotatable bonds is 3. The number of carboxylic acids is 1. The summed E-state index contributed by atoms with van der Waals surface area (Å²) in [5.74, 6) is -1.29. The predicted molar refractivity (Wildman–Crippen MR) is 86.2 cm³/mol. The summed E-state index contributed by atoms with van der Waals surface area (Å²) in [6.45, 7) is 1.32. The normalized spacial score (nSPS) is 10.5. The van der Waals surface area contributed by atoms with E-state index < -0.39 is 23.1 Å². The van der Waals surface area contributed by atoms with E-state index >= 15 is 0 Å². The van der Waals surface area contributed by atoms with Crippen molar-refractivity contribution in [2.24, 2.45) is 0 Å². The van der Waals surface area contributed by atoms with Crippen molar-refractivity contribution in [2.45, 2.75) is 6.92 Å². The first-order valence-corrected chi connectivity index (χ1v) is 7.04. The Morgan fingerprint density at radius 2 is 1.67 bits per heavy atom. The number of hydrogen-bond acceptors (Lipinski definition) is 5. The van der Waals surface area contributed by atoms with Gasteiger partial charge in [-0.25, -0.2) is 9.59 Å². The summed E-state index contributed by atoms with van der Waals surface area (Å²) in [7, 11) is 0. The second-order valence-corrected chi connectivity index (χ2v) is 5.12. The Bertz CT molecular complexity index is 998. The zero-order chi connectivity index (χ0) is 17.3. The molecule has 0 saturated heterocycles. The van der Waals surface area contributed by atoms with Gasteiger partial charge in [-0.3, -0.25) is 4.79 Å². The average molecular weight is 324 g/mol. The fourth-order valence-corrected chi connectivity index (χ4v) is 2.33. The molecule has 0 amide bonds. The van der Waals surface area contributed by atoms with Crippen molar-refractivity contribution in [2.75, 3.05) is 0 Å². The minimum absolute atomic E-state index is 0.310. The SMILES string of the molecule is CC(=O)Oc1ccc(-c2ccc3oc(=O)c(C(=O)O)cc3c2)cc1. The molecule has 0 bridgehead atoms. The molecule has 120 valence electrons. The van der Waals surface area contributed by atoms with Crippen LogP contribution in [-0.4, -0.2) is 17.0 Å². The van der Waals surface area contributed by atoms with Crippen LogP contribution >= 0.6 is 0 Å². The van der Waals surface area contributed by atoms with Crippen LogP contribution in [0, 0.1) is 0 Å². The van der Waals surface area contributed by atoms with E-state index in [4.69, 9.17) is 14.3 Å². The molecule has 6 nitrogen and oxygen atoms in total. The van der Waals surface area contributed by atoms with Gasteiger partial charge in [0.15, 0.2) is 0 Å². The van der Waals surface area contributed by atoms with Crippen LogP contribution in [0.1, 0.15) is 17.3 Å². The highest BCUT2D eigenvalue weighted by molar-refractivity contribution is 5.92. The van der Waals surface area contributed by atoms with Gasteiger partial charge in [-0.05, 0) is 41.5 Å². The molecule has 0 unspecified atom stereocenters. The first-order chi connectivity index (χ1) is 11.4. The summed E-state index contributed by atoms with van der Waals surface area (Å²) in [5, 5.41) is 9.52. The molecule has 0 saturated carbocycles. The lowest BCUT2D eigenvalue weighted by molar-refractivity contribution is -0.131. The third-order valence-corrected chi connectivity index (χ3v) is 3.41. The number of ether oxygens (including phenoxy) is 1. The summed E-state index contributed by atoms with van der Waals surface area (Å²) in [6, 6.07) is 13.3. The van der Waals surface area contributed by atoms with Gasteiger partial charge in [0.25, 0.3) is 0 Å². The van der Waals surface area contributed by atoms with Crippen molar-refractivity contribution in [1.82, 2.24) is 0 Å². The molecule has 1 N–H and O–H groups in total. The molecule has 0 aliphatic heterocycles. The molecule has 0 atom stereocenters. The highest BCUT2D eigenvalue weighted by atomic mass is 16.5. The van der Waals surface area contributed by atoms with Gasteiger partial charge in [-0.1, -0.05) is 18.2 Å². The molecule has 0 spiro atoms. The number of esters is 1. The van der Waals surface area contributed by atoms with E-state index in [0.717, 1.165) is 11.1 Å². The summed E-state index contributed by atoms with van der Waals surface area (Å²) in [5.41, 5.74) is 0.668. The third kappa shape index (κ3) is 3.03. The molecule has 1 aromatic heterocycles. The van der Waals surface area contributed by atoms with E-state index in [1.807, 2.05) is 0 Å². The van der Waals surface area contributed by atoms with E-state index in [-0.39, 0.29) is 0 Å². The Morgan fingerprint density at radius 1 is 1.00 bits per heavy atom. The van der Waals surface area contributed by atoms with Crippen LogP contribution in [0.4, 0.5) is 0 Å². The highest BCUT2D eigenvalue weighted by Gasteiger charge is 2.12. The zero-order valence-electron chi connectivity index (χ0n) is 12.6. The fraction of sp³-hybridized carbons (Fsp3) is 0.0556. The predicted octanol–water partition coefficient (Wildman–Crippen LogP) is 3.08. The van der Waals surface area contributed by atoms with Gasteiger partial charge in [0.1, 0.15) is 16.9 Å². The van der Waals surface area contributed by atoms with Gasteiger partial charge in [0, 0.05) is 12.3 Å². The van der Waals surface area contributed by atoms with Crippen LogP contribution in [-0.2, 0) is 4.79 Å². The second kappa shape index (κ2) is 6.00. The summed E-state index contributed by atoms with van der Waals surface area (Å²) in [4.78, 5) is 33.5. The van der Waals surface area contributed by atoms with Crippen molar-refractivity contribution >= 4 is 22.9 Å². The standard InChI is InChI=1S/C18H12O6/c1-10(19)23-14-5-2-11(3-6-14)12-4-7-16-13(8-12)9-15(17(20)21)18(22)24-16/h2-9H,1H3,(H,20,21). The third-order valence-electron chi connectivity index (χ3n) is 3.41. The first kappa shape index (κ1) is 15.5. The van der Waals surface area contributed by atoms with Crippen LogP contribution in [0.5, 0.6) is 5.75 Å². The molecule has 3 rings (SSSR count). The van der Waals surface area contributed by atoms with Crippen molar-refractivity contribution < 1.29 is 23.8 Å². The Hall–Kier alpha value is -3.41. The second-order valence-electron chi connectivity index (χ2n) is 5.12. The number of carboxylic acid groups (broad SMARTS) is 1. The molecule has 24 heavy (non-hydrogen) atoms. The largest absolute Gasteiger partial charge is 0.477 e. The van der Waals surface area contributed by atoms with Crippen molar-refractivity contribution in [3.05, 3.63) is 64.5 Å². The fourth-order valence-electron chi connectivity index (χ4n) is 2.33. The highest BCUT2D eigenvalue weighted by Crippen LogP contribution is 2.26. The lowest BCUT2D eigenvalue weighted by Gasteiger charge is -2.06. The van der Waals surface area contributed by atoms with Gasteiger partial charge in [-0.2, -0.15) is 0 Å². The Labute approximate surface area is 135 Å². The molecule has 0 radical (unpaired) electrons. The Morgan fingerprint density at radius 3 is 2.29 bits per heavy atom. The number of fused-ring (bicyclic) bond motifs is 1. The van der Waals surface area contributed by atoms with Gasteiger partial charge in [-0.15, -0.1) is 0 Å². The maximum Gasteiger partial charge on any atom is 0.351 e. The van der Waals surface area contributed by atoms with Crippen molar-refractivity contribution in [3.8, 4) is 16.9 Å². The average Bonchev–Trinajstić information content (AvgIpc) is 2.54. The molecule has 3 aromatic rings. The lowest BCUT2D eigenvalue weighted by atomic mass is 10.0. The smallest absolute Gasteiger partial charge is 0.351 e. The topological polar surface area (TPSA) is 93.8 Å². The van der Waals surface area contributed by atoms with E-state index in [9.17, 15) is 14.4 Å². The number of hydrogen-bond donors (Lipinski definition) is 1. The van der Waals surface area contributed by atoms with Crippen LogP contribution in [0.3, 0.4) is 0 Å². The minimum atomic E-state index is -1.33. The van der Waals surface area contributed by atoms with Crippen LogP contribution in [0.2, 0.25) is 0 Å². The van der Waals surface area contributed by atoms with Crippen molar-refractivity contribution in [1.29, 1.82) is 0 Å². The van der Waals surface area contributed by atoms with E-state index in [1.165, 1.54) is 13.0 Å². The summed E-state index contributed by atoms with van der Waals surface area (Å²) < 4.78 is 9.99. The van der Waals surface area contributed by atoms with Crippen LogP contribution in [0.25, 0.3) is 22.1 Å². The zero-order valence-corrected chi connectivity index (χ0v) is 12.6. The first-order valence-electron chi connectivity index (χ1n) is 7.04. The molecule has 1 heterocycles. The number of aromatic carboxylic acids is 1.